The van der Waals surface area contributed by atoms with Crippen molar-refractivity contribution in [3.8, 4) is 0 Å². The lowest BCUT2D eigenvalue weighted by molar-refractivity contribution is 0.180. The van der Waals surface area contributed by atoms with Crippen LogP contribution in [0.2, 0.25) is 0 Å². The monoisotopic (exact) mass is 176 g/mol. The van der Waals surface area contributed by atoms with Crippen LogP contribution >= 0.6 is 0 Å². The molecule has 0 fully saturated rings. The van der Waals surface area contributed by atoms with Gasteiger partial charge in [0.2, 0.25) is 0 Å². The molecule has 0 aromatic heterocycles. The van der Waals surface area contributed by atoms with E-state index in [1.54, 1.807) is 0 Å². The molecule has 1 heteroatoms. The lowest BCUT2D eigenvalue weighted by Crippen LogP contribution is -1.94. The fourth-order valence-corrected chi connectivity index (χ4v) is 2.20. The second-order valence-corrected chi connectivity index (χ2v) is 3.89. The maximum absolute atomic E-state index is 9.73. The van der Waals surface area contributed by atoms with E-state index in [9.17, 15) is 5.11 Å². The number of aryl methyl sites for hydroxylation is 2. The number of hydrogen-bond acceptors (Lipinski definition) is 1. The molecule has 0 saturated heterocycles. The van der Waals surface area contributed by atoms with Crippen molar-refractivity contribution in [2.75, 3.05) is 0 Å². The Morgan fingerprint density at radius 1 is 1.46 bits per heavy atom. The van der Waals surface area contributed by atoms with Gasteiger partial charge in [-0.05, 0) is 48.4 Å². The Balaban J connectivity index is 2.53. The number of fused-ring (bicyclic) bond motifs is 1. The van der Waals surface area contributed by atoms with Crippen molar-refractivity contribution in [2.24, 2.45) is 0 Å². The second-order valence-electron chi connectivity index (χ2n) is 3.89. The minimum absolute atomic E-state index is 0.208. The first kappa shape index (κ1) is 8.76. The Bertz CT molecular complexity index is 328. The summed E-state index contributed by atoms with van der Waals surface area (Å²) < 4.78 is 0. The highest BCUT2D eigenvalue weighted by Crippen LogP contribution is 2.33. The van der Waals surface area contributed by atoms with E-state index >= 15 is 0 Å². The Hall–Kier alpha value is -0.820. The van der Waals surface area contributed by atoms with Gasteiger partial charge in [-0.1, -0.05) is 19.1 Å². The molecule has 0 bridgehead atoms. The maximum Gasteiger partial charge on any atom is 0.0796 e. The van der Waals surface area contributed by atoms with E-state index in [4.69, 9.17) is 0 Å². The second kappa shape index (κ2) is 3.15. The number of aliphatic hydroxyl groups excluding tert-OH is 1. The molecule has 0 aliphatic heterocycles. The zero-order chi connectivity index (χ0) is 9.42. The van der Waals surface area contributed by atoms with Gasteiger partial charge in [-0.25, -0.2) is 0 Å². The molecule has 1 aliphatic carbocycles. The molecular formula is C12H16O. The summed E-state index contributed by atoms with van der Waals surface area (Å²) >= 11 is 0. The van der Waals surface area contributed by atoms with Gasteiger partial charge in [-0.3, -0.25) is 0 Å². The van der Waals surface area contributed by atoms with Crippen molar-refractivity contribution in [1.82, 2.24) is 0 Å². The first-order valence-electron chi connectivity index (χ1n) is 5.02. The molecule has 1 atom stereocenters. The van der Waals surface area contributed by atoms with Crippen LogP contribution < -0.4 is 0 Å². The first-order valence-corrected chi connectivity index (χ1v) is 5.02. The van der Waals surface area contributed by atoms with E-state index in [2.05, 4.69) is 26.0 Å². The minimum atomic E-state index is -0.208. The van der Waals surface area contributed by atoms with Crippen LogP contribution in [0.25, 0.3) is 0 Å². The Morgan fingerprint density at radius 3 is 2.92 bits per heavy atom. The largest absolute Gasteiger partial charge is 0.388 e. The van der Waals surface area contributed by atoms with E-state index in [0.717, 1.165) is 19.3 Å². The van der Waals surface area contributed by atoms with Gasteiger partial charge in [0, 0.05) is 0 Å². The lowest BCUT2D eigenvalue weighted by atomic mass is 9.99. The summed E-state index contributed by atoms with van der Waals surface area (Å²) in [6.45, 7) is 4.30. The van der Waals surface area contributed by atoms with Crippen LogP contribution in [0, 0.1) is 6.92 Å². The average Bonchev–Trinajstić information content (AvgIpc) is 2.48. The van der Waals surface area contributed by atoms with Crippen LogP contribution in [-0.2, 0) is 12.8 Å². The quantitative estimate of drug-likeness (QED) is 0.697. The molecule has 0 spiro atoms. The molecule has 0 heterocycles. The van der Waals surface area contributed by atoms with Crippen LogP contribution in [0.4, 0.5) is 0 Å². The normalized spacial score (nSPS) is 20.4. The number of aliphatic hydroxyl groups is 1. The molecule has 0 saturated carbocycles. The summed E-state index contributed by atoms with van der Waals surface area (Å²) in [5.41, 5.74) is 5.25. The first-order chi connectivity index (χ1) is 6.22. The summed E-state index contributed by atoms with van der Waals surface area (Å²) in [6, 6.07) is 4.41. The average molecular weight is 176 g/mol. The molecule has 1 nitrogen and oxygen atoms in total. The summed E-state index contributed by atoms with van der Waals surface area (Å²) in [7, 11) is 0. The zero-order valence-corrected chi connectivity index (χ0v) is 8.30. The highest BCUT2D eigenvalue weighted by atomic mass is 16.3. The third kappa shape index (κ3) is 1.37. The Morgan fingerprint density at radius 2 is 2.23 bits per heavy atom. The molecule has 1 aromatic rings. The van der Waals surface area contributed by atoms with Crippen LogP contribution in [0.1, 0.15) is 41.7 Å². The minimum Gasteiger partial charge on any atom is -0.388 e. The van der Waals surface area contributed by atoms with E-state index in [1.165, 1.54) is 22.3 Å². The van der Waals surface area contributed by atoms with Gasteiger partial charge in [0.15, 0.2) is 0 Å². The number of benzene rings is 1. The standard InChI is InChI=1S/C12H16O/c1-3-9-6-8(2)10-4-5-12(13)11(10)7-9/h6-7,12-13H,3-5H2,1-2H3. The van der Waals surface area contributed by atoms with Gasteiger partial charge in [0.05, 0.1) is 6.10 Å². The smallest absolute Gasteiger partial charge is 0.0796 e. The molecular weight excluding hydrogens is 160 g/mol. The van der Waals surface area contributed by atoms with E-state index < -0.39 is 0 Å². The molecule has 0 radical (unpaired) electrons. The summed E-state index contributed by atoms with van der Waals surface area (Å²) in [5.74, 6) is 0. The van der Waals surface area contributed by atoms with E-state index in [-0.39, 0.29) is 6.10 Å². The van der Waals surface area contributed by atoms with Gasteiger partial charge in [-0.2, -0.15) is 0 Å². The molecule has 1 aromatic carbocycles. The van der Waals surface area contributed by atoms with Crippen LogP contribution in [0.15, 0.2) is 12.1 Å². The van der Waals surface area contributed by atoms with Crippen molar-refractivity contribution in [3.05, 3.63) is 34.4 Å². The molecule has 2 rings (SSSR count). The third-order valence-electron chi connectivity index (χ3n) is 3.00. The molecule has 1 unspecified atom stereocenters. The van der Waals surface area contributed by atoms with Crippen LogP contribution in [-0.4, -0.2) is 5.11 Å². The maximum atomic E-state index is 9.73. The zero-order valence-electron chi connectivity index (χ0n) is 8.30. The van der Waals surface area contributed by atoms with Crippen molar-refractivity contribution in [3.63, 3.8) is 0 Å². The van der Waals surface area contributed by atoms with Crippen molar-refractivity contribution in [2.45, 2.75) is 39.2 Å². The lowest BCUT2D eigenvalue weighted by Gasteiger charge is -2.09. The van der Waals surface area contributed by atoms with Gasteiger partial charge >= 0.3 is 0 Å². The highest BCUT2D eigenvalue weighted by molar-refractivity contribution is 5.42. The fourth-order valence-electron chi connectivity index (χ4n) is 2.20. The van der Waals surface area contributed by atoms with Crippen molar-refractivity contribution < 1.29 is 5.11 Å². The van der Waals surface area contributed by atoms with Gasteiger partial charge in [-0.15, -0.1) is 0 Å². The Kier molecular flexibility index (Phi) is 2.12. The summed E-state index contributed by atoms with van der Waals surface area (Å²) in [4.78, 5) is 0. The van der Waals surface area contributed by atoms with Gasteiger partial charge in [0.25, 0.3) is 0 Å². The van der Waals surface area contributed by atoms with Crippen LogP contribution in [0.3, 0.4) is 0 Å². The Labute approximate surface area is 79.4 Å². The molecule has 13 heavy (non-hydrogen) atoms. The summed E-state index contributed by atoms with van der Waals surface area (Å²) in [6.07, 6.45) is 2.80. The number of hydrogen-bond donors (Lipinski definition) is 1. The highest BCUT2D eigenvalue weighted by Gasteiger charge is 2.21. The predicted molar refractivity (Wildman–Crippen MR) is 53.8 cm³/mol. The topological polar surface area (TPSA) is 20.2 Å². The van der Waals surface area contributed by atoms with Gasteiger partial charge < -0.3 is 5.11 Å². The fraction of sp³-hybridized carbons (Fsp3) is 0.500. The van der Waals surface area contributed by atoms with Crippen molar-refractivity contribution >= 4 is 0 Å². The van der Waals surface area contributed by atoms with Crippen molar-refractivity contribution in [1.29, 1.82) is 0 Å². The van der Waals surface area contributed by atoms with E-state index in [0.29, 0.717) is 0 Å². The van der Waals surface area contributed by atoms with Gasteiger partial charge in [0.1, 0.15) is 0 Å². The molecule has 0 amide bonds. The van der Waals surface area contributed by atoms with Crippen LogP contribution in [0.5, 0.6) is 0 Å². The molecule has 70 valence electrons. The SMILES string of the molecule is CCc1cc(C)c2c(c1)C(O)CC2. The predicted octanol–water partition coefficient (Wildman–Crippen LogP) is 2.54. The summed E-state index contributed by atoms with van der Waals surface area (Å²) in [5, 5.41) is 9.73. The molecule has 1 aliphatic rings. The third-order valence-corrected chi connectivity index (χ3v) is 3.00. The number of rotatable bonds is 1. The van der Waals surface area contributed by atoms with E-state index in [1.807, 2.05) is 0 Å². The molecule has 1 N–H and O–H groups in total.